The molecule has 0 aromatic carbocycles. The minimum Gasteiger partial charge on any atom is -0.412 e. The Morgan fingerprint density at radius 3 is 1.60 bits per heavy atom. The van der Waals surface area contributed by atoms with Gasteiger partial charge in [0, 0.05) is 0 Å². The Balaban J connectivity index is -0.0000000200. The molecule has 0 aromatic rings. The van der Waals surface area contributed by atoms with Gasteiger partial charge in [0.1, 0.15) is 0 Å². The topological polar surface area (TPSA) is 66.8 Å². The van der Waals surface area contributed by atoms with Gasteiger partial charge < -0.3 is 10.3 Å². The average Bonchev–Trinajstić information content (AvgIpc) is 0.918. The standard InChI is InChI=1S/CH5NO.ClH.H2O/c1-3-2;;/h2H2,1H3;1H;1H2. The Morgan fingerprint density at radius 2 is 1.60 bits per heavy atom. The Bertz CT molecular complexity index is 9.61. The zero-order valence-corrected chi connectivity index (χ0v) is 3.71. The third kappa shape index (κ3) is 679. The molecule has 0 unspecified atom stereocenters. The number of hydrogen-bond donors (Lipinski definition) is 1. The first-order valence-corrected chi connectivity index (χ1v) is 0.644. The second-order valence-electron chi connectivity index (χ2n) is 0.236. The van der Waals surface area contributed by atoms with Crippen molar-refractivity contribution < 1.29 is 10.3 Å². The molecule has 0 fully saturated rings. The van der Waals surface area contributed by atoms with E-state index in [1.165, 1.54) is 7.11 Å². The Hall–Kier alpha value is 0.170. The van der Waals surface area contributed by atoms with E-state index >= 15 is 0 Å². The van der Waals surface area contributed by atoms with Crippen molar-refractivity contribution in [1.82, 2.24) is 0 Å². The molecule has 0 atom stereocenters. The highest BCUT2D eigenvalue weighted by atomic mass is 35.5. The van der Waals surface area contributed by atoms with E-state index in [1.54, 1.807) is 0 Å². The van der Waals surface area contributed by atoms with Gasteiger partial charge in [-0.1, -0.05) is 0 Å². The van der Waals surface area contributed by atoms with Crippen LogP contribution >= 0.6 is 12.4 Å². The minimum absolute atomic E-state index is 0. The zero-order chi connectivity index (χ0) is 2.71. The van der Waals surface area contributed by atoms with E-state index < -0.39 is 0 Å². The van der Waals surface area contributed by atoms with Crippen LogP contribution in [0.2, 0.25) is 0 Å². The Morgan fingerprint density at radius 1 is 1.60 bits per heavy atom. The van der Waals surface area contributed by atoms with Crippen LogP contribution < -0.4 is 5.90 Å². The molecule has 0 saturated carbocycles. The second-order valence-corrected chi connectivity index (χ2v) is 0.236. The molecule has 36 valence electrons. The van der Waals surface area contributed by atoms with E-state index in [-0.39, 0.29) is 17.9 Å². The minimum atomic E-state index is 0. The maximum absolute atomic E-state index is 4.35. The Kier molecular flexibility index (Phi) is 117. The number of nitrogens with two attached hydrogens (primary N) is 1. The van der Waals surface area contributed by atoms with Crippen LogP contribution in [0.3, 0.4) is 0 Å². The fraction of sp³-hybridized carbons (Fsp3) is 1.00. The van der Waals surface area contributed by atoms with Crippen molar-refractivity contribution in [2.45, 2.75) is 0 Å². The van der Waals surface area contributed by atoms with Crippen LogP contribution in [0.15, 0.2) is 0 Å². The van der Waals surface area contributed by atoms with Gasteiger partial charge in [-0.3, -0.25) is 0 Å². The second kappa shape index (κ2) is 30.6. The molecule has 0 aliphatic rings. The molecule has 0 spiro atoms. The highest BCUT2D eigenvalue weighted by Crippen LogP contribution is 1.14. The van der Waals surface area contributed by atoms with E-state index in [1.807, 2.05) is 0 Å². The van der Waals surface area contributed by atoms with Crippen molar-refractivity contribution >= 4 is 12.4 Å². The molecule has 5 heavy (non-hydrogen) atoms. The van der Waals surface area contributed by atoms with Crippen molar-refractivity contribution in [1.29, 1.82) is 0 Å². The molecule has 3 nitrogen and oxygen atoms in total. The fourth-order valence-electron chi connectivity index (χ4n) is 0. The molecular weight excluding hydrogens is 93.5 g/mol. The molecular formula is CH8ClNO2. The highest BCUT2D eigenvalue weighted by molar-refractivity contribution is 5.85. The van der Waals surface area contributed by atoms with Gasteiger partial charge in [0.15, 0.2) is 0 Å². The van der Waals surface area contributed by atoms with Gasteiger partial charge in [0.05, 0.1) is 7.11 Å². The molecule has 0 saturated heterocycles. The Labute approximate surface area is 36.8 Å². The summed E-state index contributed by atoms with van der Waals surface area (Å²) in [4.78, 5) is 3.75. The quantitative estimate of drug-likeness (QED) is 0.402. The van der Waals surface area contributed by atoms with Crippen LogP contribution in [-0.2, 0) is 4.84 Å². The molecule has 0 radical (unpaired) electrons. The van der Waals surface area contributed by atoms with E-state index in [2.05, 4.69) is 10.7 Å². The van der Waals surface area contributed by atoms with Crippen LogP contribution in [0.5, 0.6) is 0 Å². The molecule has 0 rings (SSSR count). The lowest BCUT2D eigenvalue weighted by atomic mass is 11.7. The molecule has 4 N–H and O–H groups in total. The molecule has 0 bridgehead atoms. The summed E-state index contributed by atoms with van der Waals surface area (Å²) >= 11 is 0. The molecule has 4 heteroatoms. The predicted octanol–water partition coefficient (Wildman–Crippen LogP) is -0.896. The third-order valence-corrected chi connectivity index (χ3v) is 0. The summed E-state index contributed by atoms with van der Waals surface area (Å²) in [6.07, 6.45) is 0. The van der Waals surface area contributed by atoms with Gasteiger partial charge in [0.25, 0.3) is 0 Å². The lowest BCUT2D eigenvalue weighted by Gasteiger charge is -1.62. The van der Waals surface area contributed by atoms with Gasteiger partial charge in [0.2, 0.25) is 0 Å². The first-order chi connectivity index (χ1) is 1.41. The first kappa shape index (κ1) is 19.1. The maximum atomic E-state index is 4.35. The average molecular weight is 102 g/mol. The molecule has 0 heterocycles. The monoisotopic (exact) mass is 101 g/mol. The summed E-state index contributed by atoms with van der Waals surface area (Å²) < 4.78 is 0. The van der Waals surface area contributed by atoms with Crippen molar-refractivity contribution in [2.24, 2.45) is 5.90 Å². The van der Waals surface area contributed by atoms with E-state index in [9.17, 15) is 0 Å². The van der Waals surface area contributed by atoms with E-state index in [0.717, 1.165) is 0 Å². The van der Waals surface area contributed by atoms with Crippen molar-refractivity contribution in [2.75, 3.05) is 7.11 Å². The van der Waals surface area contributed by atoms with E-state index in [4.69, 9.17) is 0 Å². The summed E-state index contributed by atoms with van der Waals surface area (Å²) in [5.41, 5.74) is 0. The molecule has 0 aliphatic heterocycles. The van der Waals surface area contributed by atoms with Gasteiger partial charge in [-0.05, 0) is 0 Å². The van der Waals surface area contributed by atoms with Crippen molar-refractivity contribution in [3.63, 3.8) is 0 Å². The summed E-state index contributed by atoms with van der Waals surface area (Å²) in [6, 6.07) is 0. The van der Waals surface area contributed by atoms with Crippen LogP contribution in [-0.4, -0.2) is 12.6 Å². The summed E-state index contributed by atoms with van der Waals surface area (Å²) in [7, 11) is 1.40. The van der Waals surface area contributed by atoms with E-state index in [0.29, 0.717) is 0 Å². The lowest BCUT2D eigenvalue weighted by Crippen LogP contribution is -1.86. The normalized spacial score (nSPS) is 3.60. The summed E-state index contributed by atoms with van der Waals surface area (Å²) in [6.45, 7) is 0. The van der Waals surface area contributed by atoms with Crippen molar-refractivity contribution in [3.8, 4) is 0 Å². The third-order valence-electron chi connectivity index (χ3n) is 0. The predicted molar refractivity (Wildman–Crippen MR) is 22.1 cm³/mol. The van der Waals surface area contributed by atoms with Crippen molar-refractivity contribution in [3.05, 3.63) is 0 Å². The number of hydrogen-bond acceptors (Lipinski definition) is 2. The summed E-state index contributed by atoms with van der Waals surface area (Å²) in [5.74, 6) is 4.35. The zero-order valence-electron chi connectivity index (χ0n) is 2.89. The van der Waals surface area contributed by atoms with Gasteiger partial charge >= 0.3 is 0 Å². The highest BCUT2D eigenvalue weighted by Gasteiger charge is 1.23. The first-order valence-electron chi connectivity index (χ1n) is 0.644. The number of rotatable bonds is 0. The smallest absolute Gasteiger partial charge is 0.0569 e. The van der Waals surface area contributed by atoms with Crippen LogP contribution in [0.25, 0.3) is 0 Å². The maximum Gasteiger partial charge on any atom is 0.0569 e. The number of halogens is 1. The lowest BCUT2D eigenvalue weighted by molar-refractivity contribution is 0.206. The van der Waals surface area contributed by atoms with Crippen LogP contribution in [0.4, 0.5) is 0 Å². The SMILES string of the molecule is CON.Cl.O. The van der Waals surface area contributed by atoms with Crippen LogP contribution in [0.1, 0.15) is 0 Å². The molecule has 0 aromatic heterocycles. The largest absolute Gasteiger partial charge is 0.412 e. The molecule has 0 amide bonds. The van der Waals surface area contributed by atoms with Gasteiger partial charge in [-0.2, -0.15) is 0 Å². The van der Waals surface area contributed by atoms with Crippen LogP contribution in [0, 0.1) is 0 Å². The van der Waals surface area contributed by atoms with Gasteiger partial charge in [-0.15, -0.1) is 12.4 Å². The molecule has 0 aliphatic carbocycles. The van der Waals surface area contributed by atoms with Gasteiger partial charge in [-0.25, -0.2) is 5.90 Å². The summed E-state index contributed by atoms with van der Waals surface area (Å²) in [5, 5.41) is 0. The fourth-order valence-corrected chi connectivity index (χ4v) is 0.